The van der Waals surface area contributed by atoms with Crippen LogP contribution in [0.25, 0.3) is 0 Å². The molecule has 58 valence electrons. The van der Waals surface area contributed by atoms with Crippen LogP contribution in [-0.4, -0.2) is 23.0 Å². The van der Waals surface area contributed by atoms with Crippen LogP contribution in [0.1, 0.15) is 6.92 Å². The molecule has 12 heavy (non-hydrogen) atoms. The summed E-state index contributed by atoms with van der Waals surface area (Å²) in [6.45, 7) is 0.972. The van der Waals surface area contributed by atoms with Crippen molar-refractivity contribution >= 4 is 17.9 Å². The molecule has 0 atom stereocenters. The number of carbonyl (C=O) groups excluding carboxylic acids is 2. The van der Waals surface area contributed by atoms with Crippen molar-refractivity contribution in [3.05, 3.63) is 0 Å². The normalized spacial score (nSPS) is 5.75. The zero-order valence-electron chi connectivity index (χ0n) is 6.99. The molecule has 8 heteroatoms. The SMILES string of the molecule is CC(=O)[O-].O=C([O-])C(=O)O.[Li+].[Li+]. The molecule has 0 fully saturated rings. The number of aliphatic carboxylic acids is 3. The van der Waals surface area contributed by atoms with E-state index in [1.807, 2.05) is 0 Å². The van der Waals surface area contributed by atoms with Gasteiger partial charge in [-0.25, -0.2) is 4.79 Å². The van der Waals surface area contributed by atoms with E-state index in [1.165, 1.54) is 0 Å². The van der Waals surface area contributed by atoms with Gasteiger partial charge in [0.05, 0.1) is 0 Å². The third kappa shape index (κ3) is 54.7. The smallest absolute Gasteiger partial charge is 0.550 e. The van der Waals surface area contributed by atoms with Crippen LogP contribution >= 0.6 is 0 Å². The Balaban J connectivity index is -0.0000000483. The minimum Gasteiger partial charge on any atom is -0.550 e. The predicted octanol–water partition coefficient (Wildman–Crippen LogP) is -9.41. The Morgan fingerprint density at radius 2 is 1.17 bits per heavy atom. The van der Waals surface area contributed by atoms with Gasteiger partial charge in [-0.05, 0) is 6.92 Å². The van der Waals surface area contributed by atoms with Gasteiger partial charge in [-0.2, -0.15) is 0 Å². The van der Waals surface area contributed by atoms with Gasteiger partial charge >= 0.3 is 43.7 Å². The van der Waals surface area contributed by atoms with E-state index in [9.17, 15) is 0 Å². The first-order valence-electron chi connectivity index (χ1n) is 1.99. The molecule has 0 aliphatic heterocycles. The van der Waals surface area contributed by atoms with Gasteiger partial charge < -0.3 is 24.9 Å². The zero-order valence-corrected chi connectivity index (χ0v) is 6.99. The number of hydrogen-bond acceptors (Lipinski definition) is 5. The van der Waals surface area contributed by atoms with Crippen molar-refractivity contribution in [2.45, 2.75) is 6.92 Å². The second-order valence-electron chi connectivity index (χ2n) is 1.08. The molecule has 0 rings (SSSR count). The van der Waals surface area contributed by atoms with Crippen LogP contribution < -0.4 is 47.9 Å². The number of carboxylic acid groups (broad SMARTS) is 3. The van der Waals surface area contributed by atoms with Gasteiger partial charge in [0.2, 0.25) is 0 Å². The first-order chi connectivity index (χ1) is 4.37. The molecule has 0 aromatic heterocycles. The molecule has 0 bridgehead atoms. The van der Waals surface area contributed by atoms with Crippen LogP contribution in [0.15, 0.2) is 0 Å². The molecule has 6 nitrogen and oxygen atoms in total. The van der Waals surface area contributed by atoms with Crippen LogP contribution in [0.4, 0.5) is 0 Å². The third-order valence-electron chi connectivity index (χ3n) is 0.175. The summed E-state index contributed by atoms with van der Waals surface area (Å²) in [6, 6.07) is 0. The monoisotopic (exact) mass is 162 g/mol. The quantitative estimate of drug-likeness (QED) is 0.279. The Hall–Kier alpha value is -0.395. The van der Waals surface area contributed by atoms with E-state index < -0.39 is 17.9 Å². The van der Waals surface area contributed by atoms with Crippen LogP contribution in [0, 0.1) is 0 Å². The molecule has 0 aromatic carbocycles. The second kappa shape index (κ2) is 13.2. The van der Waals surface area contributed by atoms with E-state index in [2.05, 4.69) is 0 Å². The fraction of sp³-hybridized carbons (Fsp3) is 0.250. The molecule has 0 unspecified atom stereocenters. The molecular weight excluding hydrogens is 158 g/mol. The minimum atomic E-state index is -2.07. The van der Waals surface area contributed by atoms with Gasteiger partial charge in [0.1, 0.15) is 0 Å². The van der Waals surface area contributed by atoms with Crippen molar-refractivity contribution < 1.29 is 67.4 Å². The third-order valence-corrected chi connectivity index (χ3v) is 0.175. The van der Waals surface area contributed by atoms with Crippen molar-refractivity contribution in [1.82, 2.24) is 0 Å². The predicted molar refractivity (Wildman–Crippen MR) is 23.3 cm³/mol. The summed E-state index contributed by atoms with van der Waals surface area (Å²) in [5.74, 6) is -5.09. The molecular formula is C4H4Li2O6. The number of carbonyl (C=O) groups is 3. The number of rotatable bonds is 0. The molecule has 0 saturated carbocycles. The van der Waals surface area contributed by atoms with Gasteiger partial charge in [0.15, 0.2) is 5.97 Å². The van der Waals surface area contributed by atoms with Crippen LogP contribution in [0.5, 0.6) is 0 Å². The van der Waals surface area contributed by atoms with Gasteiger partial charge in [0, 0.05) is 5.97 Å². The van der Waals surface area contributed by atoms with E-state index >= 15 is 0 Å². The summed E-state index contributed by atoms with van der Waals surface area (Å²) in [7, 11) is 0. The molecule has 0 saturated heterocycles. The standard InChI is InChI=1S/C2H2O4.C2H4O2.2Li/c3-1(4)2(5)6;1-2(3)4;;/h(H,3,4)(H,5,6);1H3,(H,3,4);;/q;;2*+1/p-2. The van der Waals surface area contributed by atoms with Crippen molar-refractivity contribution in [2.24, 2.45) is 0 Å². The molecule has 0 aliphatic rings. The van der Waals surface area contributed by atoms with Crippen molar-refractivity contribution in [3.8, 4) is 0 Å². The summed E-state index contributed by atoms with van der Waals surface area (Å²) in [4.78, 5) is 26.9. The van der Waals surface area contributed by atoms with Crippen molar-refractivity contribution in [2.75, 3.05) is 0 Å². The average Bonchev–Trinajstić information content (AvgIpc) is 1.63. The van der Waals surface area contributed by atoms with Gasteiger partial charge in [-0.1, -0.05) is 0 Å². The fourth-order valence-electron chi connectivity index (χ4n) is 0. The van der Waals surface area contributed by atoms with Gasteiger partial charge in [-0.15, -0.1) is 0 Å². The Kier molecular flexibility index (Phi) is 24.8. The van der Waals surface area contributed by atoms with E-state index in [-0.39, 0.29) is 37.7 Å². The largest absolute Gasteiger partial charge is 1.00 e. The summed E-state index contributed by atoms with van der Waals surface area (Å²) < 4.78 is 0. The minimum absolute atomic E-state index is 0. The van der Waals surface area contributed by atoms with Gasteiger partial charge in [-0.3, -0.25) is 0 Å². The maximum Gasteiger partial charge on any atom is 1.00 e. The van der Waals surface area contributed by atoms with E-state index in [4.69, 9.17) is 29.7 Å². The van der Waals surface area contributed by atoms with E-state index in [0.29, 0.717) is 0 Å². The number of carboxylic acids is 3. The van der Waals surface area contributed by atoms with Gasteiger partial charge in [0.25, 0.3) is 0 Å². The van der Waals surface area contributed by atoms with Crippen LogP contribution in [0.2, 0.25) is 0 Å². The Morgan fingerprint density at radius 3 is 1.17 bits per heavy atom. The van der Waals surface area contributed by atoms with Crippen molar-refractivity contribution in [1.29, 1.82) is 0 Å². The summed E-state index contributed by atoms with van der Waals surface area (Å²) in [5, 5.41) is 25.2. The molecule has 0 heterocycles. The number of hydrogen-bond donors (Lipinski definition) is 1. The first-order valence-corrected chi connectivity index (χ1v) is 1.99. The molecule has 0 spiro atoms. The molecule has 0 aromatic rings. The maximum absolute atomic E-state index is 9.04. The van der Waals surface area contributed by atoms with E-state index in [0.717, 1.165) is 6.92 Å². The Bertz CT molecular complexity index is 140. The summed E-state index contributed by atoms with van der Waals surface area (Å²) in [6.07, 6.45) is 0. The summed E-state index contributed by atoms with van der Waals surface area (Å²) in [5.41, 5.74) is 0. The topological polar surface area (TPSA) is 118 Å². The molecule has 0 radical (unpaired) electrons. The average molecular weight is 162 g/mol. The van der Waals surface area contributed by atoms with Crippen molar-refractivity contribution in [3.63, 3.8) is 0 Å². The van der Waals surface area contributed by atoms with E-state index in [1.54, 1.807) is 0 Å². The Labute approximate surface area is 92.3 Å². The molecule has 1 N–H and O–H groups in total. The Morgan fingerprint density at radius 1 is 1.08 bits per heavy atom. The molecule has 0 amide bonds. The first kappa shape index (κ1) is 22.6. The summed E-state index contributed by atoms with van der Waals surface area (Å²) >= 11 is 0. The fourth-order valence-corrected chi connectivity index (χ4v) is 0. The zero-order chi connectivity index (χ0) is 8.73. The molecule has 0 aliphatic carbocycles. The van der Waals surface area contributed by atoms with Crippen LogP contribution in [-0.2, 0) is 14.4 Å². The maximum atomic E-state index is 9.04. The van der Waals surface area contributed by atoms with Crippen LogP contribution in [0.3, 0.4) is 0 Å². The second-order valence-corrected chi connectivity index (χ2v) is 1.08.